The van der Waals surface area contributed by atoms with E-state index in [1.165, 1.54) is 0 Å². The van der Waals surface area contributed by atoms with Crippen molar-refractivity contribution < 1.29 is 4.74 Å². The van der Waals surface area contributed by atoms with E-state index < -0.39 is 0 Å². The predicted octanol–water partition coefficient (Wildman–Crippen LogP) is 0.866. The van der Waals surface area contributed by atoms with Gasteiger partial charge in [-0.1, -0.05) is 12.2 Å². The van der Waals surface area contributed by atoms with Crippen LogP contribution in [0.15, 0.2) is 6.07 Å². The van der Waals surface area contributed by atoms with Gasteiger partial charge >= 0.3 is 0 Å². The Morgan fingerprint density at radius 3 is 2.88 bits per heavy atom. The molecule has 0 bridgehead atoms. The van der Waals surface area contributed by atoms with E-state index in [0.29, 0.717) is 18.2 Å². The fourth-order valence-corrected chi connectivity index (χ4v) is 1.20. The molecule has 1 unspecified atom stereocenters. The lowest BCUT2D eigenvalue weighted by Gasteiger charge is -2.11. The van der Waals surface area contributed by atoms with Crippen LogP contribution in [0.5, 0.6) is 0 Å². The van der Waals surface area contributed by atoms with Crippen molar-refractivity contribution in [2.45, 2.75) is 20.0 Å². The Morgan fingerprint density at radius 1 is 1.62 bits per heavy atom. The molecule has 0 fully saturated rings. The maximum atomic E-state index is 5.52. The van der Waals surface area contributed by atoms with Crippen LogP contribution >= 0.6 is 12.2 Å². The highest BCUT2D eigenvalue weighted by molar-refractivity contribution is 7.80. The van der Waals surface area contributed by atoms with E-state index in [9.17, 15) is 0 Å². The van der Waals surface area contributed by atoms with E-state index in [2.05, 4.69) is 15.3 Å². The predicted molar refractivity (Wildman–Crippen MR) is 67.6 cm³/mol. The van der Waals surface area contributed by atoms with Crippen LogP contribution in [0.4, 0.5) is 5.95 Å². The molecular formula is C10H16N4OS. The largest absolute Gasteiger partial charge is 0.388 e. The second kappa shape index (κ2) is 5.72. The average Bonchev–Trinajstić information content (AvgIpc) is 2.25. The molecule has 0 aromatic carbocycles. The second-order valence-corrected chi connectivity index (χ2v) is 3.95. The van der Waals surface area contributed by atoms with E-state index >= 15 is 0 Å². The van der Waals surface area contributed by atoms with Gasteiger partial charge in [0.1, 0.15) is 10.7 Å². The van der Waals surface area contributed by atoms with Gasteiger partial charge in [0.2, 0.25) is 5.95 Å². The summed E-state index contributed by atoms with van der Waals surface area (Å²) in [6.07, 6.45) is 0.0948. The quantitative estimate of drug-likeness (QED) is 0.744. The molecule has 16 heavy (non-hydrogen) atoms. The van der Waals surface area contributed by atoms with Gasteiger partial charge < -0.3 is 15.8 Å². The van der Waals surface area contributed by atoms with Crippen LogP contribution in [-0.2, 0) is 4.74 Å². The van der Waals surface area contributed by atoms with E-state index in [-0.39, 0.29) is 11.1 Å². The van der Waals surface area contributed by atoms with Crippen LogP contribution in [-0.4, -0.2) is 34.7 Å². The van der Waals surface area contributed by atoms with Gasteiger partial charge in [-0.2, -0.15) is 0 Å². The summed E-state index contributed by atoms with van der Waals surface area (Å²) in [5.41, 5.74) is 6.93. The number of hydrogen-bond donors (Lipinski definition) is 2. The highest BCUT2D eigenvalue weighted by Crippen LogP contribution is 2.05. The Balaban J connectivity index is 2.76. The number of thiocarbonyl (C=S) groups is 1. The van der Waals surface area contributed by atoms with E-state index in [1.807, 2.05) is 13.8 Å². The van der Waals surface area contributed by atoms with Gasteiger partial charge in [-0.15, -0.1) is 0 Å². The molecule has 1 atom stereocenters. The molecule has 88 valence electrons. The molecule has 6 heteroatoms. The van der Waals surface area contributed by atoms with Gasteiger partial charge in [-0.25, -0.2) is 9.97 Å². The van der Waals surface area contributed by atoms with Gasteiger partial charge in [0, 0.05) is 19.3 Å². The van der Waals surface area contributed by atoms with E-state index in [1.54, 1.807) is 13.2 Å². The first kappa shape index (κ1) is 12.8. The van der Waals surface area contributed by atoms with Crippen LogP contribution < -0.4 is 11.1 Å². The molecule has 0 radical (unpaired) electrons. The zero-order valence-electron chi connectivity index (χ0n) is 9.65. The molecule has 0 aliphatic rings. The van der Waals surface area contributed by atoms with Crippen molar-refractivity contribution >= 4 is 23.2 Å². The number of nitrogens with two attached hydrogens (primary N) is 1. The number of aryl methyl sites for hydroxylation is 1. The van der Waals surface area contributed by atoms with Crippen molar-refractivity contribution in [3.05, 3.63) is 17.5 Å². The zero-order valence-corrected chi connectivity index (χ0v) is 10.5. The second-order valence-electron chi connectivity index (χ2n) is 3.51. The Morgan fingerprint density at radius 2 is 2.31 bits per heavy atom. The van der Waals surface area contributed by atoms with E-state index in [4.69, 9.17) is 22.7 Å². The summed E-state index contributed by atoms with van der Waals surface area (Å²) < 4.78 is 5.11. The maximum absolute atomic E-state index is 5.52. The first-order valence-corrected chi connectivity index (χ1v) is 5.36. The van der Waals surface area contributed by atoms with Crippen molar-refractivity contribution in [2.75, 3.05) is 19.0 Å². The van der Waals surface area contributed by atoms with E-state index in [0.717, 1.165) is 5.69 Å². The standard InChI is InChI=1S/C10H16N4OS/c1-6-4-8(9(11)16)14-10(13-6)12-5-7(2)15-3/h4,7H,5H2,1-3H3,(H2,11,16)(H,12,13,14). The number of aromatic nitrogens is 2. The van der Waals surface area contributed by atoms with Crippen molar-refractivity contribution in [3.8, 4) is 0 Å². The van der Waals surface area contributed by atoms with Crippen LogP contribution in [0.2, 0.25) is 0 Å². The fourth-order valence-electron chi connectivity index (χ4n) is 1.09. The van der Waals surface area contributed by atoms with Crippen molar-refractivity contribution in [3.63, 3.8) is 0 Å². The first-order chi connectivity index (χ1) is 7.52. The molecule has 0 spiro atoms. The molecule has 0 aliphatic heterocycles. The summed E-state index contributed by atoms with van der Waals surface area (Å²) in [6, 6.07) is 1.76. The average molecular weight is 240 g/mol. The summed E-state index contributed by atoms with van der Waals surface area (Å²) in [6.45, 7) is 4.46. The highest BCUT2D eigenvalue weighted by atomic mass is 32.1. The topological polar surface area (TPSA) is 73.1 Å². The molecule has 1 aromatic rings. The molecule has 1 aromatic heterocycles. The third-order valence-electron chi connectivity index (χ3n) is 2.06. The van der Waals surface area contributed by atoms with Gasteiger partial charge in [0.25, 0.3) is 0 Å². The Kier molecular flexibility index (Phi) is 4.57. The Hall–Kier alpha value is -1.27. The lowest BCUT2D eigenvalue weighted by Crippen LogP contribution is -2.21. The van der Waals surface area contributed by atoms with Crippen LogP contribution in [0.1, 0.15) is 18.3 Å². The summed E-state index contributed by atoms with van der Waals surface area (Å²) in [4.78, 5) is 8.70. The molecule has 0 saturated heterocycles. The SMILES string of the molecule is COC(C)CNc1nc(C)cc(C(N)=S)n1. The number of ether oxygens (including phenoxy) is 1. The summed E-state index contributed by atoms with van der Waals surface area (Å²) in [7, 11) is 1.66. The molecule has 3 N–H and O–H groups in total. The van der Waals surface area contributed by atoms with Gasteiger partial charge in [-0.05, 0) is 19.9 Å². The number of methoxy groups -OCH3 is 1. The summed E-state index contributed by atoms with van der Waals surface area (Å²) >= 11 is 4.87. The zero-order chi connectivity index (χ0) is 12.1. The lowest BCUT2D eigenvalue weighted by atomic mass is 10.3. The molecule has 0 amide bonds. The van der Waals surface area contributed by atoms with Crippen LogP contribution in [0.25, 0.3) is 0 Å². The normalized spacial score (nSPS) is 12.2. The molecule has 0 saturated carbocycles. The number of nitrogens with zero attached hydrogens (tertiary/aromatic N) is 2. The molecular weight excluding hydrogens is 224 g/mol. The van der Waals surface area contributed by atoms with Crippen LogP contribution in [0, 0.1) is 6.92 Å². The minimum absolute atomic E-state index is 0.0948. The van der Waals surface area contributed by atoms with Crippen LogP contribution in [0.3, 0.4) is 0 Å². The number of rotatable bonds is 5. The highest BCUT2D eigenvalue weighted by Gasteiger charge is 2.05. The number of anilines is 1. The van der Waals surface area contributed by atoms with Gasteiger partial charge in [0.15, 0.2) is 0 Å². The van der Waals surface area contributed by atoms with Crippen molar-refractivity contribution in [2.24, 2.45) is 5.73 Å². The summed E-state index contributed by atoms with van der Waals surface area (Å²) in [5, 5.41) is 3.07. The third kappa shape index (κ3) is 3.71. The monoisotopic (exact) mass is 240 g/mol. The fraction of sp³-hybridized carbons (Fsp3) is 0.500. The molecule has 1 rings (SSSR count). The Labute approximate surface area is 100 Å². The summed E-state index contributed by atoms with van der Waals surface area (Å²) in [5.74, 6) is 0.520. The number of hydrogen-bond acceptors (Lipinski definition) is 5. The van der Waals surface area contributed by atoms with Crippen molar-refractivity contribution in [1.29, 1.82) is 0 Å². The third-order valence-corrected chi connectivity index (χ3v) is 2.27. The smallest absolute Gasteiger partial charge is 0.223 e. The Bertz CT molecular complexity index is 383. The van der Waals surface area contributed by atoms with Crippen molar-refractivity contribution in [1.82, 2.24) is 9.97 Å². The lowest BCUT2D eigenvalue weighted by molar-refractivity contribution is 0.128. The molecule has 1 heterocycles. The minimum Gasteiger partial charge on any atom is -0.388 e. The van der Waals surface area contributed by atoms with Gasteiger partial charge in [-0.3, -0.25) is 0 Å². The molecule has 0 aliphatic carbocycles. The van der Waals surface area contributed by atoms with Gasteiger partial charge in [0.05, 0.1) is 6.10 Å². The number of nitrogens with one attached hydrogen (secondary N) is 1. The first-order valence-electron chi connectivity index (χ1n) is 4.95. The molecule has 5 nitrogen and oxygen atoms in total. The minimum atomic E-state index is 0.0948. The maximum Gasteiger partial charge on any atom is 0.223 e.